The SMILES string of the molecule is Cc1n[nH]c(C)c1Cc1cc2c(cc1F)c(=O)c(C(=O)O)cn2C(C)C. The number of carboxylic acid groups (broad SMARTS) is 1. The normalized spacial score (nSPS) is 11.5. The summed E-state index contributed by atoms with van der Waals surface area (Å²) in [6.07, 6.45) is 1.66. The zero-order chi connectivity index (χ0) is 19.2. The molecule has 136 valence electrons. The predicted octanol–water partition coefficient (Wildman–Crippen LogP) is 3.35. The van der Waals surface area contributed by atoms with E-state index in [0.29, 0.717) is 17.5 Å². The molecule has 0 fully saturated rings. The number of nitrogens with one attached hydrogen (secondary N) is 1. The summed E-state index contributed by atoms with van der Waals surface area (Å²) in [6.45, 7) is 7.48. The highest BCUT2D eigenvalue weighted by atomic mass is 19.1. The van der Waals surface area contributed by atoms with E-state index in [-0.39, 0.29) is 17.0 Å². The highest BCUT2D eigenvalue weighted by molar-refractivity contribution is 5.92. The van der Waals surface area contributed by atoms with Crippen LogP contribution in [-0.2, 0) is 6.42 Å². The summed E-state index contributed by atoms with van der Waals surface area (Å²) < 4.78 is 16.4. The largest absolute Gasteiger partial charge is 0.477 e. The smallest absolute Gasteiger partial charge is 0.341 e. The Hall–Kier alpha value is -2.96. The third-order valence-corrected chi connectivity index (χ3v) is 4.64. The van der Waals surface area contributed by atoms with Crippen LogP contribution in [-0.4, -0.2) is 25.8 Å². The van der Waals surface area contributed by atoms with Gasteiger partial charge in [0.25, 0.3) is 0 Å². The molecule has 2 N–H and O–H groups in total. The molecule has 0 spiro atoms. The van der Waals surface area contributed by atoms with Gasteiger partial charge in [0, 0.05) is 35.3 Å². The third kappa shape index (κ3) is 2.89. The quantitative estimate of drug-likeness (QED) is 0.749. The molecule has 3 rings (SSSR count). The van der Waals surface area contributed by atoms with Crippen molar-refractivity contribution >= 4 is 16.9 Å². The number of hydrogen-bond acceptors (Lipinski definition) is 3. The number of rotatable bonds is 4. The number of benzene rings is 1. The number of aromatic amines is 1. The molecule has 0 amide bonds. The monoisotopic (exact) mass is 357 g/mol. The van der Waals surface area contributed by atoms with Gasteiger partial charge in [0.2, 0.25) is 5.43 Å². The van der Waals surface area contributed by atoms with Crippen LogP contribution in [0.4, 0.5) is 4.39 Å². The van der Waals surface area contributed by atoms with Crippen molar-refractivity contribution in [2.45, 2.75) is 40.2 Å². The number of aromatic nitrogens is 3. The Morgan fingerprint density at radius 2 is 2.04 bits per heavy atom. The number of carboxylic acids is 1. The summed E-state index contributed by atoms with van der Waals surface area (Å²) in [5.74, 6) is -1.85. The van der Waals surface area contributed by atoms with E-state index >= 15 is 0 Å². The maximum absolute atomic E-state index is 14.7. The van der Waals surface area contributed by atoms with E-state index in [1.165, 1.54) is 6.20 Å². The van der Waals surface area contributed by atoms with Crippen LogP contribution in [0.5, 0.6) is 0 Å². The number of nitrogens with zero attached hydrogens (tertiary/aromatic N) is 2. The molecule has 0 radical (unpaired) electrons. The van der Waals surface area contributed by atoms with Gasteiger partial charge in [-0.2, -0.15) is 5.10 Å². The van der Waals surface area contributed by atoms with Crippen molar-refractivity contribution in [1.29, 1.82) is 0 Å². The zero-order valence-corrected chi connectivity index (χ0v) is 15.1. The van der Waals surface area contributed by atoms with Gasteiger partial charge in [-0.05, 0) is 45.4 Å². The Morgan fingerprint density at radius 3 is 2.58 bits per heavy atom. The number of hydrogen-bond donors (Lipinski definition) is 2. The highest BCUT2D eigenvalue weighted by Crippen LogP contribution is 2.24. The molecular weight excluding hydrogens is 337 g/mol. The maximum Gasteiger partial charge on any atom is 0.341 e. The highest BCUT2D eigenvalue weighted by Gasteiger charge is 2.19. The fourth-order valence-electron chi connectivity index (χ4n) is 3.15. The van der Waals surface area contributed by atoms with Gasteiger partial charge < -0.3 is 9.67 Å². The van der Waals surface area contributed by atoms with Gasteiger partial charge in [-0.1, -0.05) is 0 Å². The molecule has 6 nitrogen and oxygen atoms in total. The number of fused-ring (bicyclic) bond motifs is 1. The van der Waals surface area contributed by atoms with Crippen LogP contribution in [0.15, 0.2) is 23.1 Å². The van der Waals surface area contributed by atoms with Crippen LogP contribution >= 0.6 is 0 Å². The molecule has 7 heteroatoms. The third-order valence-electron chi connectivity index (χ3n) is 4.64. The minimum atomic E-state index is -1.32. The first-order chi connectivity index (χ1) is 12.2. The van der Waals surface area contributed by atoms with E-state index in [0.717, 1.165) is 23.0 Å². The van der Waals surface area contributed by atoms with Crippen LogP contribution in [0, 0.1) is 19.7 Å². The van der Waals surface area contributed by atoms with Crippen LogP contribution < -0.4 is 5.43 Å². The molecule has 0 bridgehead atoms. The standard InChI is InChI=1S/C19H20FN3O3/c1-9(2)23-8-15(19(25)26)18(24)14-7-16(20)12(6-17(14)23)5-13-10(3)21-22-11(13)4/h6-9H,5H2,1-4H3,(H,21,22)(H,25,26). The zero-order valence-electron chi connectivity index (χ0n) is 15.1. The second-order valence-corrected chi connectivity index (χ2v) is 6.73. The van der Waals surface area contributed by atoms with Crippen LogP contribution in [0.3, 0.4) is 0 Å². The second kappa shape index (κ2) is 6.40. The van der Waals surface area contributed by atoms with Crippen molar-refractivity contribution in [1.82, 2.24) is 14.8 Å². The molecule has 0 aliphatic rings. The predicted molar refractivity (Wildman–Crippen MR) is 96.4 cm³/mol. The molecule has 0 saturated heterocycles. The molecule has 0 aliphatic heterocycles. The number of H-pyrrole nitrogens is 1. The lowest BCUT2D eigenvalue weighted by molar-refractivity contribution is 0.0694. The van der Waals surface area contributed by atoms with E-state index in [2.05, 4.69) is 10.2 Å². The van der Waals surface area contributed by atoms with E-state index in [4.69, 9.17) is 0 Å². The lowest BCUT2D eigenvalue weighted by Gasteiger charge is -2.17. The van der Waals surface area contributed by atoms with Gasteiger partial charge in [-0.3, -0.25) is 9.89 Å². The van der Waals surface area contributed by atoms with Gasteiger partial charge in [0.15, 0.2) is 0 Å². The minimum absolute atomic E-state index is 0.0699. The van der Waals surface area contributed by atoms with Crippen LogP contribution in [0.25, 0.3) is 10.9 Å². The average molecular weight is 357 g/mol. The molecule has 0 aliphatic carbocycles. The average Bonchev–Trinajstić information content (AvgIpc) is 2.87. The Bertz CT molecular complexity index is 1060. The summed E-state index contributed by atoms with van der Waals surface area (Å²) in [4.78, 5) is 23.8. The number of halogens is 1. The Kier molecular flexibility index (Phi) is 4.39. The second-order valence-electron chi connectivity index (χ2n) is 6.73. The molecular formula is C19H20FN3O3. The van der Waals surface area contributed by atoms with Crippen molar-refractivity contribution < 1.29 is 14.3 Å². The molecule has 0 saturated carbocycles. The fraction of sp³-hybridized carbons (Fsp3) is 0.316. The van der Waals surface area contributed by atoms with Crippen LogP contribution in [0.1, 0.15) is 52.8 Å². The molecule has 26 heavy (non-hydrogen) atoms. The van der Waals surface area contributed by atoms with E-state index in [1.54, 1.807) is 10.6 Å². The van der Waals surface area contributed by atoms with E-state index in [9.17, 15) is 19.1 Å². The van der Waals surface area contributed by atoms with Crippen LogP contribution in [0.2, 0.25) is 0 Å². The fourth-order valence-corrected chi connectivity index (χ4v) is 3.15. The van der Waals surface area contributed by atoms with Crippen molar-refractivity contribution in [3.05, 3.63) is 62.4 Å². The minimum Gasteiger partial charge on any atom is -0.477 e. The molecule has 0 unspecified atom stereocenters. The Balaban J connectivity index is 2.27. The summed E-state index contributed by atoms with van der Waals surface area (Å²) in [5, 5.41) is 16.3. The number of aryl methyl sites for hydroxylation is 2. The Morgan fingerprint density at radius 1 is 1.35 bits per heavy atom. The van der Waals surface area contributed by atoms with Crippen molar-refractivity contribution in [2.75, 3.05) is 0 Å². The van der Waals surface area contributed by atoms with Gasteiger partial charge in [-0.25, -0.2) is 9.18 Å². The molecule has 2 aromatic heterocycles. The van der Waals surface area contributed by atoms with Gasteiger partial charge >= 0.3 is 5.97 Å². The maximum atomic E-state index is 14.7. The molecule has 1 aromatic carbocycles. The van der Waals surface area contributed by atoms with Gasteiger partial charge in [-0.15, -0.1) is 0 Å². The summed E-state index contributed by atoms with van der Waals surface area (Å²) in [6, 6.07) is 2.68. The first-order valence-electron chi connectivity index (χ1n) is 8.31. The lowest BCUT2D eigenvalue weighted by atomic mass is 10.00. The van der Waals surface area contributed by atoms with Gasteiger partial charge in [0.05, 0.1) is 11.2 Å². The first-order valence-corrected chi connectivity index (χ1v) is 8.31. The first kappa shape index (κ1) is 17.8. The van der Waals surface area contributed by atoms with Crippen molar-refractivity contribution in [3.8, 4) is 0 Å². The lowest BCUT2D eigenvalue weighted by Crippen LogP contribution is -2.20. The van der Waals surface area contributed by atoms with Crippen molar-refractivity contribution in [3.63, 3.8) is 0 Å². The molecule has 2 heterocycles. The number of pyridine rings is 1. The summed E-state index contributed by atoms with van der Waals surface area (Å²) in [7, 11) is 0. The molecule has 0 atom stereocenters. The van der Waals surface area contributed by atoms with E-state index in [1.807, 2.05) is 27.7 Å². The number of aromatic carboxylic acids is 1. The topological polar surface area (TPSA) is 88.0 Å². The van der Waals surface area contributed by atoms with E-state index < -0.39 is 17.2 Å². The Labute approximate surface area is 149 Å². The summed E-state index contributed by atoms with van der Waals surface area (Å²) in [5.41, 5.74) is 2.48. The number of carbonyl (C=O) groups is 1. The van der Waals surface area contributed by atoms with Crippen molar-refractivity contribution in [2.24, 2.45) is 0 Å². The van der Waals surface area contributed by atoms with Gasteiger partial charge in [0.1, 0.15) is 11.4 Å². The summed E-state index contributed by atoms with van der Waals surface area (Å²) >= 11 is 0. The molecule has 3 aromatic rings.